The standard InChI is InChI=1S/C17H23FN4O2/c1-20(10-11-22-16(23)12-19-17(22)24)14-6-8-21(9-7-14)15-4-2-13(18)3-5-15/h2-5,14H,6-12H2,1H3,(H,19,24). The molecule has 24 heavy (non-hydrogen) atoms. The van der Waals surface area contributed by atoms with Gasteiger partial charge in [-0.3, -0.25) is 9.69 Å². The van der Waals surface area contributed by atoms with Gasteiger partial charge < -0.3 is 15.1 Å². The minimum Gasteiger partial charge on any atom is -0.371 e. The number of rotatable bonds is 5. The maximum absolute atomic E-state index is 13.0. The second kappa shape index (κ2) is 7.17. The molecule has 0 aromatic heterocycles. The van der Waals surface area contributed by atoms with E-state index in [-0.39, 0.29) is 24.3 Å². The van der Waals surface area contributed by atoms with Crippen LogP contribution in [0.1, 0.15) is 12.8 Å². The van der Waals surface area contributed by atoms with E-state index in [0.717, 1.165) is 31.6 Å². The van der Waals surface area contributed by atoms with Crippen LogP contribution in [0.4, 0.5) is 14.9 Å². The number of hydrogen-bond acceptors (Lipinski definition) is 4. The minimum absolute atomic E-state index is 0.110. The van der Waals surface area contributed by atoms with Crippen molar-refractivity contribution in [1.82, 2.24) is 15.1 Å². The number of nitrogens with zero attached hydrogens (tertiary/aromatic N) is 3. The number of carbonyl (C=O) groups excluding carboxylic acids is 2. The van der Waals surface area contributed by atoms with Gasteiger partial charge in [-0.05, 0) is 44.2 Å². The summed E-state index contributed by atoms with van der Waals surface area (Å²) in [5.41, 5.74) is 1.05. The molecular formula is C17H23FN4O2. The predicted molar refractivity (Wildman–Crippen MR) is 89.4 cm³/mol. The number of nitrogens with one attached hydrogen (secondary N) is 1. The summed E-state index contributed by atoms with van der Waals surface area (Å²) >= 11 is 0. The Hall–Kier alpha value is -2.15. The molecule has 0 saturated carbocycles. The van der Waals surface area contributed by atoms with E-state index >= 15 is 0 Å². The van der Waals surface area contributed by atoms with E-state index in [4.69, 9.17) is 0 Å². The van der Waals surface area contributed by atoms with E-state index in [9.17, 15) is 14.0 Å². The van der Waals surface area contributed by atoms with Gasteiger partial charge in [-0.2, -0.15) is 0 Å². The van der Waals surface area contributed by atoms with Gasteiger partial charge in [0, 0.05) is 37.9 Å². The van der Waals surface area contributed by atoms with Crippen LogP contribution in [0.15, 0.2) is 24.3 Å². The van der Waals surface area contributed by atoms with Crippen LogP contribution in [-0.2, 0) is 4.79 Å². The number of amides is 3. The van der Waals surface area contributed by atoms with Crippen molar-refractivity contribution >= 4 is 17.6 Å². The molecule has 0 aliphatic carbocycles. The normalized spacial score (nSPS) is 19.3. The molecule has 0 atom stereocenters. The fraction of sp³-hybridized carbons (Fsp3) is 0.529. The molecule has 2 aliphatic rings. The fourth-order valence-electron chi connectivity index (χ4n) is 3.34. The van der Waals surface area contributed by atoms with Crippen LogP contribution in [-0.4, -0.2) is 67.6 Å². The van der Waals surface area contributed by atoms with Gasteiger partial charge >= 0.3 is 6.03 Å². The van der Waals surface area contributed by atoms with Crippen molar-refractivity contribution in [3.8, 4) is 0 Å². The van der Waals surface area contributed by atoms with Gasteiger partial charge in [0.1, 0.15) is 5.82 Å². The second-order valence-electron chi connectivity index (χ2n) is 6.38. The van der Waals surface area contributed by atoms with Crippen LogP contribution in [0.5, 0.6) is 0 Å². The topological polar surface area (TPSA) is 55.9 Å². The van der Waals surface area contributed by atoms with E-state index in [2.05, 4.69) is 15.1 Å². The number of piperidine rings is 1. The van der Waals surface area contributed by atoms with Gasteiger partial charge in [0.25, 0.3) is 0 Å². The number of imide groups is 1. The minimum atomic E-state index is -0.292. The van der Waals surface area contributed by atoms with Gasteiger partial charge in [0.05, 0.1) is 6.54 Å². The van der Waals surface area contributed by atoms with Crippen LogP contribution in [0.2, 0.25) is 0 Å². The van der Waals surface area contributed by atoms with Crippen molar-refractivity contribution in [3.05, 3.63) is 30.1 Å². The number of likely N-dealkylation sites (N-methyl/N-ethyl adjacent to an activating group) is 1. The van der Waals surface area contributed by atoms with Gasteiger partial charge in [-0.25, -0.2) is 9.18 Å². The highest BCUT2D eigenvalue weighted by atomic mass is 19.1. The summed E-state index contributed by atoms with van der Waals surface area (Å²) in [5, 5.41) is 2.54. The first-order valence-electron chi connectivity index (χ1n) is 8.33. The Labute approximate surface area is 141 Å². The Kier molecular flexibility index (Phi) is 4.99. The molecule has 0 spiro atoms. The Morgan fingerprint density at radius 2 is 1.88 bits per heavy atom. The molecular weight excluding hydrogens is 311 g/mol. The summed E-state index contributed by atoms with van der Waals surface area (Å²) in [6.07, 6.45) is 2.02. The van der Waals surface area contributed by atoms with Crippen molar-refractivity contribution in [2.75, 3.05) is 44.7 Å². The van der Waals surface area contributed by atoms with Crippen molar-refractivity contribution in [2.24, 2.45) is 0 Å². The van der Waals surface area contributed by atoms with Crippen LogP contribution in [0.3, 0.4) is 0 Å². The van der Waals surface area contributed by atoms with Crippen molar-refractivity contribution in [2.45, 2.75) is 18.9 Å². The molecule has 1 aromatic carbocycles. The van der Waals surface area contributed by atoms with Gasteiger partial charge in [-0.1, -0.05) is 0 Å². The zero-order valence-corrected chi connectivity index (χ0v) is 13.9. The molecule has 0 unspecified atom stereocenters. The van der Waals surface area contributed by atoms with Crippen molar-refractivity contribution in [1.29, 1.82) is 0 Å². The highest BCUT2D eigenvalue weighted by Gasteiger charge is 2.29. The Bertz CT molecular complexity index is 583. The van der Waals surface area contributed by atoms with Crippen LogP contribution >= 0.6 is 0 Å². The monoisotopic (exact) mass is 334 g/mol. The molecule has 2 aliphatic heterocycles. The molecule has 2 saturated heterocycles. The van der Waals surface area contributed by atoms with Crippen LogP contribution in [0, 0.1) is 5.82 Å². The third kappa shape index (κ3) is 3.67. The molecule has 1 N–H and O–H groups in total. The van der Waals surface area contributed by atoms with E-state index in [1.54, 1.807) is 0 Å². The van der Waals surface area contributed by atoms with Crippen molar-refractivity contribution in [3.63, 3.8) is 0 Å². The number of hydrogen-bond donors (Lipinski definition) is 1. The number of carbonyl (C=O) groups is 2. The lowest BCUT2D eigenvalue weighted by atomic mass is 10.0. The largest absolute Gasteiger partial charge is 0.371 e. The molecule has 2 fully saturated rings. The Balaban J connectivity index is 1.46. The quantitative estimate of drug-likeness (QED) is 0.824. The van der Waals surface area contributed by atoms with E-state index < -0.39 is 0 Å². The van der Waals surface area contributed by atoms with E-state index in [1.165, 1.54) is 17.0 Å². The molecule has 130 valence electrons. The first-order chi connectivity index (χ1) is 11.5. The lowest BCUT2D eigenvalue weighted by Gasteiger charge is -2.38. The first kappa shape index (κ1) is 16.7. The van der Waals surface area contributed by atoms with Gasteiger partial charge in [0.2, 0.25) is 5.91 Å². The third-order valence-corrected chi connectivity index (χ3v) is 4.89. The van der Waals surface area contributed by atoms with Gasteiger partial charge in [0.15, 0.2) is 0 Å². The zero-order valence-electron chi connectivity index (χ0n) is 13.9. The number of benzene rings is 1. The lowest BCUT2D eigenvalue weighted by Crippen LogP contribution is -2.46. The molecule has 7 heteroatoms. The second-order valence-corrected chi connectivity index (χ2v) is 6.38. The number of urea groups is 1. The summed E-state index contributed by atoms with van der Waals surface area (Å²) in [6.45, 7) is 3.06. The van der Waals surface area contributed by atoms with Crippen molar-refractivity contribution < 1.29 is 14.0 Å². The smallest absolute Gasteiger partial charge is 0.324 e. The fourth-order valence-corrected chi connectivity index (χ4v) is 3.34. The third-order valence-electron chi connectivity index (χ3n) is 4.89. The van der Waals surface area contributed by atoms with Gasteiger partial charge in [-0.15, -0.1) is 0 Å². The molecule has 0 bridgehead atoms. The van der Waals surface area contributed by atoms with E-state index in [1.807, 2.05) is 19.2 Å². The molecule has 2 heterocycles. The molecule has 6 nitrogen and oxygen atoms in total. The Morgan fingerprint density at radius 3 is 2.46 bits per heavy atom. The summed E-state index contributed by atoms with van der Waals surface area (Å²) < 4.78 is 13.0. The predicted octanol–water partition coefficient (Wildman–Crippen LogP) is 1.28. The molecule has 3 amide bonds. The maximum atomic E-state index is 13.0. The summed E-state index contributed by atoms with van der Waals surface area (Å²) in [4.78, 5) is 28.9. The Morgan fingerprint density at radius 1 is 1.21 bits per heavy atom. The van der Waals surface area contributed by atoms with Crippen LogP contribution < -0.4 is 10.2 Å². The highest BCUT2D eigenvalue weighted by Crippen LogP contribution is 2.22. The molecule has 3 rings (SSSR count). The molecule has 1 aromatic rings. The average Bonchev–Trinajstić information content (AvgIpc) is 2.92. The highest BCUT2D eigenvalue weighted by molar-refractivity contribution is 6.01. The summed E-state index contributed by atoms with van der Waals surface area (Å²) in [7, 11) is 2.04. The number of anilines is 1. The SMILES string of the molecule is CN(CCN1C(=O)CNC1=O)C1CCN(c2ccc(F)cc2)CC1. The zero-order chi connectivity index (χ0) is 17.1. The average molecular weight is 334 g/mol. The maximum Gasteiger partial charge on any atom is 0.324 e. The lowest BCUT2D eigenvalue weighted by molar-refractivity contribution is -0.125. The van der Waals surface area contributed by atoms with E-state index in [0.29, 0.717) is 19.1 Å². The summed E-state index contributed by atoms with van der Waals surface area (Å²) in [5.74, 6) is -0.367. The first-order valence-corrected chi connectivity index (χ1v) is 8.33. The van der Waals surface area contributed by atoms with Crippen LogP contribution in [0.25, 0.3) is 0 Å². The number of halogens is 1. The molecule has 0 radical (unpaired) electrons. The summed E-state index contributed by atoms with van der Waals surface area (Å²) in [6, 6.07) is 6.76.